The van der Waals surface area contributed by atoms with E-state index in [1.165, 1.54) is 38.5 Å². The molecule has 0 aromatic rings. The van der Waals surface area contributed by atoms with Crippen LogP contribution in [0.5, 0.6) is 0 Å². The SMILES string of the molecule is C=CCC(CC)CCCC(C)CC. The molecular formula is C13H26. The Morgan fingerprint density at radius 1 is 1.15 bits per heavy atom. The highest BCUT2D eigenvalue weighted by Gasteiger charge is 2.05. The van der Waals surface area contributed by atoms with Gasteiger partial charge in [0, 0.05) is 0 Å². The van der Waals surface area contributed by atoms with Crippen molar-refractivity contribution in [3.63, 3.8) is 0 Å². The molecule has 0 aliphatic heterocycles. The molecule has 0 aromatic carbocycles. The van der Waals surface area contributed by atoms with Gasteiger partial charge in [-0.3, -0.25) is 0 Å². The highest BCUT2D eigenvalue weighted by atomic mass is 14.1. The van der Waals surface area contributed by atoms with Crippen molar-refractivity contribution < 1.29 is 0 Å². The van der Waals surface area contributed by atoms with E-state index in [4.69, 9.17) is 0 Å². The van der Waals surface area contributed by atoms with Gasteiger partial charge in [0.15, 0.2) is 0 Å². The third-order valence-electron chi connectivity index (χ3n) is 3.08. The lowest BCUT2D eigenvalue weighted by Gasteiger charge is -2.13. The summed E-state index contributed by atoms with van der Waals surface area (Å²) in [5, 5.41) is 0. The van der Waals surface area contributed by atoms with Gasteiger partial charge in [-0.15, -0.1) is 6.58 Å². The van der Waals surface area contributed by atoms with E-state index in [9.17, 15) is 0 Å². The van der Waals surface area contributed by atoms with Gasteiger partial charge in [0.05, 0.1) is 0 Å². The van der Waals surface area contributed by atoms with Crippen LogP contribution >= 0.6 is 0 Å². The molecule has 0 bridgehead atoms. The van der Waals surface area contributed by atoms with Crippen molar-refractivity contribution in [3.8, 4) is 0 Å². The van der Waals surface area contributed by atoms with Crippen LogP contribution in [0.4, 0.5) is 0 Å². The molecule has 0 heteroatoms. The lowest BCUT2D eigenvalue weighted by Crippen LogP contribution is -1.99. The van der Waals surface area contributed by atoms with Crippen LogP contribution in [0.2, 0.25) is 0 Å². The van der Waals surface area contributed by atoms with E-state index in [-0.39, 0.29) is 0 Å². The highest BCUT2D eigenvalue weighted by molar-refractivity contribution is 4.72. The third-order valence-corrected chi connectivity index (χ3v) is 3.08. The van der Waals surface area contributed by atoms with Crippen LogP contribution in [0, 0.1) is 11.8 Å². The fourth-order valence-corrected chi connectivity index (χ4v) is 1.68. The first kappa shape index (κ1) is 12.7. The van der Waals surface area contributed by atoms with Crippen LogP contribution in [-0.4, -0.2) is 0 Å². The Kier molecular flexibility index (Phi) is 8.18. The summed E-state index contributed by atoms with van der Waals surface area (Å²) in [7, 11) is 0. The van der Waals surface area contributed by atoms with E-state index in [1.807, 2.05) is 0 Å². The molecule has 0 amide bonds. The summed E-state index contributed by atoms with van der Waals surface area (Å²) in [6, 6.07) is 0. The molecule has 0 saturated carbocycles. The zero-order valence-electron chi connectivity index (χ0n) is 9.68. The largest absolute Gasteiger partial charge is 0.103 e. The van der Waals surface area contributed by atoms with Gasteiger partial charge in [-0.2, -0.15) is 0 Å². The number of allylic oxidation sites excluding steroid dienone is 1. The van der Waals surface area contributed by atoms with Crippen LogP contribution in [-0.2, 0) is 0 Å². The normalized spacial score (nSPS) is 15.3. The zero-order chi connectivity index (χ0) is 10.1. The van der Waals surface area contributed by atoms with Gasteiger partial charge in [-0.05, 0) is 18.3 Å². The molecule has 2 atom stereocenters. The van der Waals surface area contributed by atoms with Crippen molar-refractivity contribution >= 4 is 0 Å². The van der Waals surface area contributed by atoms with Crippen molar-refractivity contribution in [1.29, 1.82) is 0 Å². The molecule has 0 aliphatic rings. The smallest absolute Gasteiger partial charge is 0.0325 e. The summed E-state index contributed by atoms with van der Waals surface area (Å²) in [5.74, 6) is 1.81. The summed E-state index contributed by atoms with van der Waals surface area (Å²) in [5.41, 5.74) is 0. The topological polar surface area (TPSA) is 0 Å². The summed E-state index contributed by atoms with van der Waals surface area (Å²) in [6.45, 7) is 10.7. The second kappa shape index (κ2) is 8.34. The van der Waals surface area contributed by atoms with Crippen LogP contribution in [0.25, 0.3) is 0 Å². The Labute approximate surface area is 84.4 Å². The van der Waals surface area contributed by atoms with Crippen molar-refractivity contribution in [2.24, 2.45) is 11.8 Å². The minimum atomic E-state index is 0.890. The second-order valence-electron chi connectivity index (χ2n) is 4.24. The van der Waals surface area contributed by atoms with Gasteiger partial charge in [0.1, 0.15) is 0 Å². The molecule has 0 heterocycles. The first-order chi connectivity index (χ1) is 6.24. The van der Waals surface area contributed by atoms with Gasteiger partial charge in [0.25, 0.3) is 0 Å². The maximum absolute atomic E-state index is 3.81. The first-order valence-electron chi connectivity index (χ1n) is 5.85. The molecule has 0 nitrogen and oxygen atoms in total. The van der Waals surface area contributed by atoms with E-state index < -0.39 is 0 Å². The fraction of sp³-hybridized carbons (Fsp3) is 0.846. The monoisotopic (exact) mass is 182 g/mol. The Hall–Kier alpha value is -0.260. The van der Waals surface area contributed by atoms with Crippen LogP contribution in [0.3, 0.4) is 0 Å². The maximum atomic E-state index is 3.81. The molecule has 0 saturated heterocycles. The molecule has 0 N–H and O–H groups in total. The summed E-state index contributed by atoms with van der Waals surface area (Å²) < 4.78 is 0. The van der Waals surface area contributed by atoms with Gasteiger partial charge in [0.2, 0.25) is 0 Å². The van der Waals surface area contributed by atoms with Crippen molar-refractivity contribution in [1.82, 2.24) is 0 Å². The molecule has 13 heavy (non-hydrogen) atoms. The number of hydrogen-bond acceptors (Lipinski definition) is 0. The van der Waals surface area contributed by atoms with Gasteiger partial charge in [-0.1, -0.05) is 59.0 Å². The van der Waals surface area contributed by atoms with Crippen LogP contribution in [0.15, 0.2) is 12.7 Å². The number of hydrogen-bond donors (Lipinski definition) is 0. The Balaban J connectivity index is 3.42. The Morgan fingerprint density at radius 2 is 1.85 bits per heavy atom. The fourth-order valence-electron chi connectivity index (χ4n) is 1.68. The molecular weight excluding hydrogens is 156 g/mol. The van der Waals surface area contributed by atoms with Crippen molar-refractivity contribution in [3.05, 3.63) is 12.7 Å². The summed E-state index contributed by atoms with van der Waals surface area (Å²) in [6.07, 6.45) is 10.1. The maximum Gasteiger partial charge on any atom is -0.0325 e. The van der Waals surface area contributed by atoms with Crippen LogP contribution in [0.1, 0.15) is 59.3 Å². The van der Waals surface area contributed by atoms with E-state index in [2.05, 4.69) is 33.4 Å². The third kappa shape index (κ3) is 6.86. The molecule has 0 spiro atoms. The van der Waals surface area contributed by atoms with Crippen molar-refractivity contribution in [2.45, 2.75) is 59.3 Å². The Bertz CT molecular complexity index is 115. The van der Waals surface area contributed by atoms with Gasteiger partial charge in [-0.25, -0.2) is 0 Å². The molecule has 2 unspecified atom stereocenters. The minimum Gasteiger partial charge on any atom is -0.103 e. The molecule has 0 fully saturated rings. The van der Waals surface area contributed by atoms with E-state index in [1.54, 1.807) is 0 Å². The van der Waals surface area contributed by atoms with E-state index in [0.29, 0.717) is 0 Å². The van der Waals surface area contributed by atoms with E-state index in [0.717, 1.165) is 11.8 Å². The van der Waals surface area contributed by atoms with Crippen LogP contribution < -0.4 is 0 Å². The van der Waals surface area contributed by atoms with Crippen molar-refractivity contribution in [2.75, 3.05) is 0 Å². The minimum absolute atomic E-state index is 0.890. The van der Waals surface area contributed by atoms with Gasteiger partial charge >= 0.3 is 0 Å². The second-order valence-corrected chi connectivity index (χ2v) is 4.24. The average molecular weight is 182 g/mol. The molecule has 0 radical (unpaired) electrons. The predicted octanol–water partition coefficient (Wildman–Crippen LogP) is 4.81. The average Bonchev–Trinajstić information content (AvgIpc) is 2.16. The Morgan fingerprint density at radius 3 is 2.31 bits per heavy atom. The van der Waals surface area contributed by atoms with E-state index >= 15 is 0 Å². The molecule has 0 aliphatic carbocycles. The number of rotatable bonds is 8. The lowest BCUT2D eigenvalue weighted by molar-refractivity contribution is 0.410. The summed E-state index contributed by atoms with van der Waals surface area (Å²) >= 11 is 0. The summed E-state index contributed by atoms with van der Waals surface area (Å²) in [4.78, 5) is 0. The zero-order valence-corrected chi connectivity index (χ0v) is 9.68. The lowest BCUT2D eigenvalue weighted by atomic mass is 9.92. The molecule has 0 rings (SSSR count). The highest BCUT2D eigenvalue weighted by Crippen LogP contribution is 2.19. The quantitative estimate of drug-likeness (QED) is 0.473. The predicted molar refractivity (Wildman–Crippen MR) is 61.9 cm³/mol. The molecule has 78 valence electrons. The first-order valence-corrected chi connectivity index (χ1v) is 5.85. The van der Waals surface area contributed by atoms with Gasteiger partial charge < -0.3 is 0 Å². The standard InChI is InChI=1S/C13H26/c1-5-9-13(7-3)11-8-10-12(4)6-2/h5,12-13H,1,6-11H2,2-4H3. The molecule has 0 aromatic heterocycles.